The molecule has 0 saturated carbocycles. The van der Waals surface area contributed by atoms with Crippen molar-refractivity contribution in [2.75, 3.05) is 11.9 Å². The van der Waals surface area contributed by atoms with Gasteiger partial charge in [-0.2, -0.15) is 0 Å². The number of hydrogen-bond acceptors (Lipinski definition) is 7. The standard InChI is InChI=1S/C19H19N3O6S/c1-2-28-19(25)21-17(24)15-13-5-3-4-6-14(13)29-18(15)20-16(23)11-7-9-12(10-8-11)22(26)27/h7-10H,2-6H2,1H3,(H,20,23)(H,21,24,25). The Morgan fingerprint density at radius 1 is 1.14 bits per heavy atom. The van der Waals surface area contributed by atoms with E-state index in [2.05, 4.69) is 10.6 Å². The number of nitrogens with zero attached hydrogens (tertiary/aromatic N) is 1. The predicted octanol–water partition coefficient (Wildman–Crippen LogP) is 3.67. The summed E-state index contributed by atoms with van der Waals surface area (Å²) in [5.41, 5.74) is 1.21. The lowest BCUT2D eigenvalue weighted by molar-refractivity contribution is -0.384. The molecule has 0 unspecified atom stereocenters. The number of imide groups is 1. The molecule has 2 N–H and O–H groups in total. The first kappa shape index (κ1) is 20.5. The number of nitro groups is 1. The third-order valence-corrected chi connectivity index (χ3v) is 5.66. The average molecular weight is 417 g/mol. The van der Waals surface area contributed by atoms with Gasteiger partial charge in [0.05, 0.1) is 17.1 Å². The largest absolute Gasteiger partial charge is 0.450 e. The molecule has 29 heavy (non-hydrogen) atoms. The number of ether oxygens (including phenoxy) is 1. The predicted molar refractivity (Wildman–Crippen MR) is 106 cm³/mol. The number of nitro benzene ring substituents is 1. The number of fused-ring (bicyclic) bond motifs is 1. The molecule has 0 spiro atoms. The van der Waals surface area contributed by atoms with E-state index in [-0.39, 0.29) is 23.4 Å². The summed E-state index contributed by atoms with van der Waals surface area (Å²) >= 11 is 1.31. The molecular weight excluding hydrogens is 398 g/mol. The van der Waals surface area contributed by atoms with Gasteiger partial charge in [-0.05, 0) is 50.3 Å². The lowest BCUT2D eigenvalue weighted by Gasteiger charge is -2.13. The molecule has 0 atom stereocenters. The van der Waals surface area contributed by atoms with Crippen molar-refractivity contribution in [3.63, 3.8) is 0 Å². The maximum atomic E-state index is 12.7. The Bertz CT molecular complexity index is 967. The average Bonchev–Trinajstić information content (AvgIpc) is 3.06. The third kappa shape index (κ3) is 4.60. The molecule has 9 nitrogen and oxygen atoms in total. The third-order valence-electron chi connectivity index (χ3n) is 4.46. The van der Waals surface area contributed by atoms with Crippen LogP contribution >= 0.6 is 11.3 Å². The zero-order valence-electron chi connectivity index (χ0n) is 15.6. The van der Waals surface area contributed by atoms with Crippen LogP contribution in [0.15, 0.2) is 24.3 Å². The van der Waals surface area contributed by atoms with Crippen LogP contribution < -0.4 is 10.6 Å². The van der Waals surface area contributed by atoms with Crippen molar-refractivity contribution in [2.45, 2.75) is 32.6 Å². The molecule has 0 fully saturated rings. The summed E-state index contributed by atoms with van der Waals surface area (Å²) in [5, 5.41) is 16.0. The molecule has 1 heterocycles. The minimum Gasteiger partial charge on any atom is -0.450 e. The Kier molecular flexibility index (Phi) is 6.23. The molecule has 152 valence electrons. The van der Waals surface area contributed by atoms with Crippen molar-refractivity contribution in [2.24, 2.45) is 0 Å². The van der Waals surface area contributed by atoms with Crippen molar-refractivity contribution in [1.82, 2.24) is 5.32 Å². The summed E-state index contributed by atoms with van der Waals surface area (Å²) in [6.45, 7) is 1.76. The molecule has 0 aliphatic heterocycles. The molecule has 10 heteroatoms. The van der Waals surface area contributed by atoms with Gasteiger partial charge >= 0.3 is 6.09 Å². The van der Waals surface area contributed by atoms with E-state index in [1.165, 1.54) is 35.6 Å². The molecule has 1 aromatic carbocycles. The molecule has 0 bridgehead atoms. The molecule has 1 aliphatic carbocycles. The van der Waals surface area contributed by atoms with Crippen molar-refractivity contribution in [3.05, 3.63) is 55.9 Å². The fourth-order valence-electron chi connectivity index (χ4n) is 3.13. The number of aryl methyl sites for hydroxylation is 1. The number of hydrogen-bond donors (Lipinski definition) is 2. The topological polar surface area (TPSA) is 128 Å². The van der Waals surface area contributed by atoms with Gasteiger partial charge in [0.25, 0.3) is 17.5 Å². The van der Waals surface area contributed by atoms with Gasteiger partial charge in [-0.25, -0.2) is 4.79 Å². The van der Waals surface area contributed by atoms with Gasteiger partial charge in [0, 0.05) is 22.6 Å². The number of benzene rings is 1. The van der Waals surface area contributed by atoms with Gasteiger partial charge in [-0.1, -0.05) is 0 Å². The van der Waals surface area contributed by atoms with E-state index in [0.717, 1.165) is 29.7 Å². The van der Waals surface area contributed by atoms with Crippen LogP contribution in [-0.4, -0.2) is 29.4 Å². The van der Waals surface area contributed by atoms with Gasteiger partial charge < -0.3 is 10.1 Å². The molecule has 0 saturated heterocycles. The highest BCUT2D eigenvalue weighted by atomic mass is 32.1. The summed E-state index contributed by atoms with van der Waals surface area (Å²) in [4.78, 5) is 48.2. The fraction of sp³-hybridized carbons (Fsp3) is 0.316. The van der Waals surface area contributed by atoms with E-state index in [1.54, 1.807) is 6.92 Å². The quantitative estimate of drug-likeness (QED) is 0.564. The summed E-state index contributed by atoms with van der Waals surface area (Å²) in [6, 6.07) is 5.17. The Hall–Kier alpha value is -3.27. The molecular formula is C19H19N3O6S. The zero-order chi connectivity index (χ0) is 21.0. The van der Waals surface area contributed by atoms with Crippen molar-refractivity contribution in [3.8, 4) is 0 Å². The number of rotatable bonds is 5. The Morgan fingerprint density at radius 2 is 1.83 bits per heavy atom. The van der Waals surface area contributed by atoms with Gasteiger partial charge in [-0.15, -0.1) is 11.3 Å². The molecule has 2 aromatic rings. The molecule has 1 aliphatic rings. The number of carbonyl (C=O) groups excluding carboxylic acids is 3. The second-order valence-electron chi connectivity index (χ2n) is 6.35. The summed E-state index contributed by atoms with van der Waals surface area (Å²) < 4.78 is 4.77. The number of anilines is 1. The first-order chi connectivity index (χ1) is 13.9. The van der Waals surface area contributed by atoms with Gasteiger partial charge in [0.1, 0.15) is 5.00 Å². The second-order valence-corrected chi connectivity index (χ2v) is 7.45. The van der Waals surface area contributed by atoms with Crippen LogP contribution in [-0.2, 0) is 17.6 Å². The summed E-state index contributed by atoms with van der Waals surface area (Å²) in [5.74, 6) is -1.12. The maximum Gasteiger partial charge on any atom is 0.414 e. The number of thiophene rings is 1. The van der Waals surface area contributed by atoms with Crippen LogP contribution in [0.4, 0.5) is 15.5 Å². The smallest absolute Gasteiger partial charge is 0.414 e. The Labute approximate surface area is 170 Å². The highest BCUT2D eigenvalue weighted by Crippen LogP contribution is 2.38. The van der Waals surface area contributed by atoms with Crippen molar-refractivity contribution < 1.29 is 24.0 Å². The lowest BCUT2D eigenvalue weighted by atomic mass is 9.95. The fourth-order valence-corrected chi connectivity index (χ4v) is 4.41. The molecule has 3 rings (SSSR count). The van der Waals surface area contributed by atoms with Gasteiger partial charge in [-0.3, -0.25) is 25.0 Å². The Morgan fingerprint density at radius 3 is 2.48 bits per heavy atom. The van der Waals surface area contributed by atoms with Crippen molar-refractivity contribution in [1.29, 1.82) is 0 Å². The van der Waals surface area contributed by atoms with Crippen LogP contribution in [0.25, 0.3) is 0 Å². The normalized spacial score (nSPS) is 12.6. The first-order valence-electron chi connectivity index (χ1n) is 9.09. The maximum absolute atomic E-state index is 12.7. The number of nitrogens with one attached hydrogen (secondary N) is 2. The minimum atomic E-state index is -0.846. The highest BCUT2D eigenvalue weighted by Gasteiger charge is 2.27. The first-order valence-corrected chi connectivity index (χ1v) is 9.90. The zero-order valence-corrected chi connectivity index (χ0v) is 16.5. The van der Waals surface area contributed by atoms with Crippen LogP contribution in [0.1, 0.15) is 50.9 Å². The van der Waals surface area contributed by atoms with E-state index < -0.39 is 22.8 Å². The summed E-state index contributed by atoms with van der Waals surface area (Å²) in [7, 11) is 0. The number of amides is 3. The summed E-state index contributed by atoms with van der Waals surface area (Å²) in [6.07, 6.45) is 2.54. The second kappa shape index (κ2) is 8.82. The van der Waals surface area contributed by atoms with Crippen LogP contribution in [0.2, 0.25) is 0 Å². The van der Waals surface area contributed by atoms with E-state index in [0.29, 0.717) is 11.4 Å². The van der Waals surface area contributed by atoms with E-state index >= 15 is 0 Å². The lowest BCUT2D eigenvalue weighted by Crippen LogP contribution is -2.32. The minimum absolute atomic E-state index is 0.123. The van der Waals surface area contributed by atoms with Crippen LogP contribution in [0.5, 0.6) is 0 Å². The SMILES string of the molecule is CCOC(=O)NC(=O)c1c(NC(=O)c2ccc([N+](=O)[O-])cc2)sc2c1CCCC2. The van der Waals surface area contributed by atoms with Gasteiger partial charge in [0.15, 0.2) is 0 Å². The molecule has 0 radical (unpaired) electrons. The van der Waals surface area contributed by atoms with Gasteiger partial charge in [0.2, 0.25) is 0 Å². The Balaban J connectivity index is 1.87. The molecule has 3 amide bonds. The number of non-ortho nitro benzene ring substituents is 1. The highest BCUT2D eigenvalue weighted by molar-refractivity contribution is 7.17. The number of alkyl carbamates (subject to hydrolysis) is 1. The van der Waals surface area contributed by atoms with E-state index in [4.69, 9.17) is 4.74 Å². The molecule has 1 aromatic heterocycles. The monoisotopic (exact) mass is 417 g/mol. The van der Waals surface area contributed by atoms with Crippen LogP contribution in [0.3, 0.4) is 0 Å². The van der Waals surface area contributed by atoms with Crippen molar-refractivity contribution >= 4 is 39.9 Å². The van der Waals surface area contributed by atoms with E-state index in [1.807, 2.05) is 0 Å². The van der Waals surface area contributed by atoms with E-state index in [9.17, 15) is 24.5 Å². The van der Waals surface area contributed by atoms with Crippen LogP contribution in [0, 0.1) is 10.1 Å². The number of carbonyl (C=O) groups is 3.